The first-order chi connectivity index (χ1) is 8.54. The predicted octanol–water partition coefficient (Wildman–Crippen LogP) is 0.0914. The van der Waals surface area contributed by atoms with Crippen molar-refractivity contribution in [1.82, 2.24) is 0 Å². The SMILES string of the molecule is CCOC(=O)C1N=c2ccc(I)cc2=C(O)C1=O. The number of nitrogens with zero attached hydrogens (tertiary/aromatic N) is 1. The standard InChI is InChI=1S/C12H10INO4/c1-2-18-12(17)9-11(16)10(15)7-5-6(13)3-4-8(7)14-9/h3-5,9,15H,2H2,1H3. The average Bonchev–Trinajstić information content (AvgIpc) is 2.34. The topological polar surface area (TPSA) is 76.0 Å². The number of aliphatic hydroxyl groups is 1. The Morgan fingerprint density at radius 3 is 2.94 bits per heavy atom. The fourth-order valence-electron chi connectivity index (χ4n) is 1.65. The highest BCUT2D eigenvalue weighted by Crippen LogP contribution is 2.07. The van der Waals surface area contributed by atoms with E-state index in [0.717, 1.165) is 3.57 Å². The van der Waals surface area contributed by atoms with Crippen LogP contribution in [0.1, 0.15) is 6.92 Å². The molecule has 1 aromatic rings. The van der Waals surface area contributed by atoms with Crippen molar-refractivity contribution in [2.24, 2.45) is 4.99 Å². The highest BCUT2D eigenvalue weighted by Gasteiger charge is 2.32. The van der Waals surface area contributed by atoms with E-state index < -0.39 is 23.6 Å². The molecule has 0 bridgehead atoms. The molecule has 18 heavy (non-hydrogen) atoms. The van der Waals surface area contributed by atoms with Crippen LogP contribution in [0.15, 0.2) is 23.2 Å². The van der Waals surface area contributed by atoms with Gasteiger partial charge < -0.3 is 9.84 Å². The monoisotopic (exact) mass is 359 g/mol. The zero-order valence-electron chi connectivity index (χ0n) is 9.51. The lowest BCUT2D eigenvalue weighted by Crippen LogP contribution is -2.44. The molecule has 5 nitrogen and oxygen atoms in total. The molecule has 0 aliphatic carbocycles. The van der Waals surface area contributed by atoms with Gasteiger partial charge in [0, 0.05) is 8.79 Å². The second-order valence-electron chi connectivity index (χ2n) is 3.66. The number of fused-ring (bicyclic) bond motifs is 1. The first kappa shape index (κ1) is 13.0. The third-order valence-electron chi connectivity index (χ3n) is 2.47. The highest BCUT2D eigenvalue weighted by atomic mass is 127. The van der Waals surface area contributed by atoms with E-state index in [1.807, 2.05) is 0 Å². The smallest absolute Gasteiger partial charge is 0.339 e. The molecular formula is C12H10INO4. The number of Topliss-reactive ketones (excluding diaryl/α,β-unsaturated/α-hetero) is 1. The fraction of sp³-hybridized carbons (Fsp3) is 0.250. The molecule has 0 amide bonds. The van der Waals surface area contributed by atoms with Gasteiger partial charge in [-0.05, 0) is 47.7 Å². The van der Waals surface area contributed by atoms with E-state index in [1.165, 1.54) is 0 Å². The lowest BCUT2D eigenvalue weighted by molar-refractivity contribution is -0.146. The molecule has 1 aromatic carbocycles. The van der Waals surface area contributed by atoms with Gasteiger partial charge in [0.05, 0.1) is 12.0 Å². The number of ketones is 1. The van der Waals surface area contributed by atoms with Crippen LogP contribution in [0.4, 0.5) is 0 Å². The molecule has 0 spiro atoms. The number of aliphatic hydroxyl groups excluding tert-OH is 1. The summed E-state index contributed by atoms with van der Waals surface area (Å²) < 4.78 is 5.63. The third-order valence-corrected chi connectivity index (χ3v) is 3.14. The number of ether oxygens (including phenoxy) is 1. The summed E-state index contributed by atoms with van der Waals surface area (Å²) in [4.78, 5) is 27.4. The van der Waals surface area contributed by atoms with Crippen molar-refractivity contribution >= 4 is 40.1 Å². The van der Waals surface area contributed by atoms with Crippen LogP contribution in [0.5, 0.6) is 0 Å². The van der Waals surface area contributed by atoms with Gasteiger partial charge in [-0.1, -0.05) is 0 Å². The van der Waals surface area contributed by atoms with Gasteiger partial charge in [0.15, 0.2) is 5.76 Å². The maximum atomic E-state index is 11.8. The lowest BCUT2D eigenvalue weighted by Gasteiger charge is -2.13. The summed E-state index contributed by atoms with van der Waals surface area (Å²) in [7, 11) is 0. The van der Waals surface area contributed by atoms with Crippen molar-refractivity contribution in [2.45, 2.75) is 13.0 Å². The van der Waals surface area contributed by atoms with Crippen LogP contribution in [0.2, 0.25) is 0 Å². The summed E-state index contributed by atoms with van der Waals surface area (Å²) in [5, 5.41) is 10.6. The molecule has 94 valence electrons. The van der Waals surface area contributed by atoms with Gasteiger partial charge in [-0.25, -0.2) is 4.79 Å². The van der Waals surface area contributed by atoms with Crippen molar-refractivity contribution < 1.29 is 19.4 Å². The largest absolute Gasteiger partial charge is 0.504 e. The van der Waals surface area contributed by atoms with Gasteiger partial charge in [0.1, 0.15) is 0 Å². The lowest BCUT2D eigenvalue weighted by atomic mass is 10.1. The van der Waals surface area contributed by atoms with Gasteiger partial charge in [-0.2, -0.15) is 0 Å². The zero-order chi connectivity index (χ0) is 13.3. The molecule has 1 atom stereocenters. The van der Waals surface area contributed by atoms with E-state index >= 15 is 0 Å². The van der Waals surface area contributed by atoms with Crippen molar-refractivity contribution in [1.29, 1.82) is 0 Å². The third kappa shape index (κ3) is 2.24. The van der Waals surface area contributed by atoms with Crippen LogP contribution in [-0.2, 0) is 14.3 Å². The Kier molecular flexibility index (Phi) is 3.65. The maximum absolute atomic E-state index is 11.8. The first-order valence-corrected chi connectivity index (χ1v) is 6.40. The summed E-state index contributed by atoms with van der Waals surface area (Å²) in [5.74, 6) is -1.89. The fourth-order valence-corrected chi connectivity index (χ4v) is 2.14. The Morgan fingerprint density at radius 1 is 1.56 bits per heavy atom. The van der Waals surface area contributed by atoms with Crippen LogP contribution >= 0.6 is 22.6 Å². The summed E-state index contributed by atoms with van der Waals surface area (Å²) in [6.45, 7) is 1.81. The summed E-state index contributed by atoms with van der Waals surface area (Å²) >= 11 is 2.07. The summed E-state index contributed by atoms with van der Waals surface area (Å²) in [5.41, 5.74) is 0. The van der Waals surface area contributed by atoms with Gasteiger partial charge in [-0.3, -0.25) is 9.79 Å². The Labute approximate surface area is 116 Å². The maximum Gasteiger partial charge on any atom is 0.339 e. The summed E-state index contributed by atoms with van der Waals surface area (Å²) in [6, 6.07) is 3.80. The van der Waals surface area contributed by atoms with E-state index in [1.54, 1.807) is 25.1 Å². The minimum atomic E-state index is -1.29. The van der Waals surface area contributed by atoms with E-state index in [4.69, 9.17) is 4.74 Å². The Hall–Kier alpha value is -1.44. The van der Waals surface area contributed by atoms with Gasteiger partial charge >= 0.3 is 5.97 Å². The van der Waals surface area contributed by atoms with Crippen molar-refractivity contribution in [3.63, 3.8) is 0 Å². The molecule has 1 heterocycles. The summed E-state index contributed by atoms with van der Waals surface area (Å²) in [6.07, 6.45) is 0. The minimum absolute atomic E-state index is 0.165. The average molecular weight is 359 g/mol. The Balaban J connectivity index is 2.58. The van der Waals surface area contributed by atoms with E-state index in [-0.39, 0.29) is 6.61 Å². The number of esters is 1. The second-order valence-corrected chi connectivity index (χ2v) is 4.90. The number of rotatable bonds is 2. The number of hydrogen-bond donors (Lipinski definition) is 1. The number of hydrogen-bond acceptors (Lipinski definition) is 5. The number of halogens is 1. The molecule has 0 fully saturated rings. The molecule has 1 unspecified atom stereocenters. The number of benzene rings is 1. The van der Waals surface area contributed by atoms with Crippen molar-refractivity contribution in [3.8, 4) is 0 Å². The molecular weight excluding hydrogens is 349 g/mol. The van der Waals surface area contributed by atoms with Crippen LogP contribution in [0, 0.1) is 3.57 Å². The highest BCUT2D eigenvalue weighted by molar-refractivity contribution is 14.1. The zero-order valence-corrected chi connectivity index (χ0v) is 11.7. The van der Waals surface area contributed by atoms with Crippen LogP contribution in [0.3, 0.4) is 0 Å². The molecule has 2 rings (SSSR count). The van der Waals surface area contributed by atoms with Gasteiger partial charge in [0.25, 0.3) is 0 Å². The molecule has 0 saturated heterocycles. The molecule has 0 radical (unpaired) electrons. The molecule has 1 N–H and O–H groups in total. The first-order valence-electron chi connectivity index (χ1n) is 5.32. The number of carbonyl (C=O) groups excluding carboxylic acids is 2. The minimum Gasteiger partial charge on any atom is -0.504 e. The molecule has 1 aliphatic heterocycles. The van der Waals surface area contributed by atoms with E-state index in [2.05, 4.69) is 27.6 Å². The molecule has 0 saturated carbocycles. The number of carbonyl (C=O) groups is 2. The van der Waals surface area contributed by atoms with Crippen LogP contribution < -0.4 is 10.6 Å². The van der Waals surface area contributed by atoms with Crippen LogP contribution in [-0.4, -0.2) is 29.5 Å². The normalized spacial score (nSPS) is 18.0. The molecule has 0 aromatic heterocycles. The molecule has 1 aliphatic rings. The van der Waals surface area contributed by atoms with E-state index in [9.17, 15) is 14.7 Å². The van der Waals surface area contributed by atoms with Crippen molar-refractivity contribution in [2.75, 3.05) is 6.61 Å². The Bertz CT molecular complexity index is 638. The van der Waals surface area contributed by atoms with Crippen LogP contribution in [0.25, 0.3) is 5.76 Å². The quantitative estimate of drug-likeness (QED) is 0.462. The molecule has 6 heteroatoms. The predicted molar refractivity (Wildman–Crippen MR) is 71.4 cm³/mol. The second kappa shape index (κ2) is 5.05. The van der Waals surface area contributed by atoms with E-state index in [0.29, 0.717) is 10.6 Å². The van der Waals surface area contributed by atoms with Gasteiger partial charge in [-0.15, -0.1) is 0 Å². The Morgan fingerprint density at radius 2 is 2.28 bits per heavy atom. The van der Waals surface area contributed by atoms with Crippen molar-refractivity contribution in [3.05, 3.63) is 32.3 Å². The van der Waals surface area contributed by atoms with Gasteiger partial charge in [0.2, 0.25) is 11.8 Å².